The summed E-state index contributed by atoms with van der Waals surface area (Å²) in [7, 11) is 0. The third-order valence-corrected chi connectivity index (χ3v) is 4.18. The van der Waals surface area contributed by atoms with Crippen molar-refractivity contribution < 1.29 is 14.7 Å². The number of urea groups is 1. The van der Waals surface area contributed by atoms with Gasteiger partial charge in [0.2, 0.25) is 0 Å². The Kier molecular flexibility index (Phi) is 4.44. The molecule has 0 bridgehead atoms. The smallest absolute Gasteiger partial charge is 0.318 e. The molecule has 8 nitrogen and oxygen atoms in total. The molecule has 2 heterocycles. The summed E-state index contributed by atoms with van der Waals surface area (Å²) >= 11 is 0. The van der Waals surface area contributed by atoms with Gasteiger partial charge >= 0.3 is 12.0 Å². The fraction of sp³-hybridized carbons (Fsp3) is 0.692. The number of carboxylic acids is 1. The Hall–Kier alpha value is -2.12. The molecule has 1 aliphatic rings. The molecule has 2 atom stereocenters. The molecule has 0 aliphatic carbocycles. The summed E-state index contributed by atoms with van der Waals surface area (Å²) in [6, 6.07) is -0.569. The van der Waals surface area contributed by atoms with Gasteiger partial charge in [-0.15, -0.1) is 0 Å². The number of likely N-dealkylation sites (tertiary alicyclic amines) is 1. The molecule has 1 aromatic rings. The van der Waals surface area contributed by atoms with Gasteiger partial charge < -0.3 is 15.3 Å². The van der Waals surface area contributed by atoms with Crippen LogP contribution < -0.4 is 5.32 Å². The second-order valence-corrected chi connectivity index (χ2v) is 5.51. The summed E-state index contributed by atoms with van der Waals surface area (Å²) in [4.78, 5) is 29.4. The average Bonchev–Trinajstić information content (AvgIpc) is 3.01. The monoisotopic (exact) mass is 295 g/mol. The molecule has 0 spiro atoms. The maximum Gasteiger partial charge on any atom is 0.318 e. The van der Waals surface area contributed by atoms with E-state index in [0.29, 0.717) is 31.6 Å². The Morgan fingerprint density at radius 3 is 2.95 bits per heavy atom. The van der Waals surface area contributed by atoms with Gasteiger partial charge in [0.15, 0.2) is 0 Å². The first kappa shape index (κ1) is 15.3. The molecule has 3 N–H and O–H groups in total. The van der Waals surface area contributed by atoms with Gasteiger partial charge in [-0.2, -0.15) is 5.10 Å². The van der Waals surface area contributed by atoms with E-state index < -0.39 is 11.4 Å². The van der Waals surface area contributed by atoms with Crippen LogP contribution in [0.2, 0.25) is 0 Å². The number of aromatic amines is 1. The number of nitrogens with one attached hydrogen (secondary N) is 2. The van der Waals surface area contributed by atoms with Crippen molar-refractivity contribution >= 4 is 12.0 Å². The minimum Gasteiger partial charge on any atom is -0.481 e. The summed E-state index contributed by atoms with van der Waals surface area (Å²) in [5.41, 5.74) is -0.828. The summed E-state index contributed by atoms with van der Waals surface area (Å²) in [6.07, 6.45) is 3.21. The zero-order valence-corrected chi connectivity index (χ0v) is 12.3. The first-order valence-electron chi connectivity index (χ1n) is 7.12. The number of piperidine rings is 1. The maximum absolute atomic E-state index is 12.3. The van der Waals surface area contributed by atoms with E-state index in [-0.39, 0.29) is 18.6 Å². The molecule has 8 heteroatoms. The highest BCUT2D eigenvalue weighted by Crippen LogP contribution is 2.33. The van der Waals surface area contributed by atoms with Crippen molar-refractivity contribution in [2.75, 3.05) is 13.1 Å². The predicted molar refractivity (Wildman–Crippen MR) is 74.5 cm³/mol. The molecular weight excluding hydrogens is 274 g/mol. The van der Waals surface area contributed by atoms with E-state index in [1.54, 1.807) is 11.8 Å². The molecule has 1 saturated heterocycles. The number of aromatic nitrogens is 3. The third kappa shape index (κ3) is 3.14. The molecule has 1 aromatic heterocycles. The minimum absolute atomic E-state index is 0.244. The molecule has 2 amide bonds. The van der Waals surface area contributed by atoms with Gasteiger partial charge in [0, 0.05) is 13.1 Å². The van der Waals surface area contributed by atoms with E-state index in [4.69, 9.17) is 0 Å². The van der Waals surface area contributed by atoms with Crippen molar-refractivity contribution in [1.29, 1.82) is 0 Å². The molecule has 1 aliphatic heterocycles. The van der Waals surface area contributed by atoms with E-state index in [9.17, 15) is 14.7 Å². The van der Waals surface area contributed by atoms with Crippen LogP contribution in [-0.4, -0.2) is 50.3 Å². The van der Waals surface area contributed by atoms with E-state index in [2.05, 4.69) is 20.5 Å². The molecule has 116 valence electrons. The fourth-order valence-electron chi connectivity index (χ4n) is 2.69. The predicted octanol–water partition coefficient (Wildman–Crippen LogP) is 1.15. The maximum atomic E-state index is 12.3. The van der Waals surface area contributed by atoms with Gasteiger partial charge in [-0.05, 0) is 26.2 Å². The van der Waals surface area contributed by atoms with Gasteiger partial charge in [-0.1, -0.05) is 6.92 Å². The van der Waals surface area contributed by atoms with Crippen LogP contribution >= 0.6 is 0 Å². The molecule has 2 unspecified atom stereocenters. The van der Waals surface area contributed by atoms with Crippen molar-refractivity contribution in [2.45, 2.75) is 39.2 Å². The molecule has 0 saturated carbocycles. The fourth-order valence-corrected chi connectivity index (χ4v) is 2.69. The molecule has 21 heavy (non-hydrogen) atoms. The number of H-pyrrole nitrogens is 1. The van der Waals surface area contributed by atoms with Crippen LogP contribution in [0.1, 0.15) is 45.0 Å². The van der Waals surface area contributed by atoms with E-state index in [0.717, 1.165) is 0 Å². The number of carboxylic acid groups (broad SMARTS) is 1. The lowest BCUT2D eigenvalue weighted by molar-refractivity contribution is -0.152. The standard InChI is InChI=1S/C13H21N5O3/c1-3-13(11(19)20)5-4-6-18(7-13)12(21)16-9(2)10-14-8-15-17-10/h8-9H,3-7H2,1-2H3,(H,16,21)(H,19,20)(H,14,15,17). The van der Waals surface area contributed by atoms with Crippen molar-refractivity contribution in [1.82, 2.24) is 25.4 Å². The lowest BCUT2D eigenvalue weighted by atomic mass is 9.78. The van der Waals surface area contributed by atoms with E-state index in [1.807, 2.05) is 6.92 Å². The number of hydrogen-bond acceptors (Lipinski definition) is 4. The summed E-state index contributed by atoms with van der Waals surface area (Å²) in [5.74, 6) is -0.258. The Morgan fingerprint density at radius 1 is 1.62 bits per heavy atom. The zero-order chi connectivity index (χ0) is 15.5. The van der Waals surface area contributed by atoms with E-state index in [1.165, 1.54) is 6.33 Å². The second kappa shape index (κ2) is 6.11. The lowest BCUT2D eigenvalue weighted by Gasteiger charge is -2.39. The Bertz CT molecular complexity index is 504. The topological polar surface area (TPSA) is 111 Å². The number of amides is 2. The average molecular weight is 295 g/mol. The number of rotatable bonds is 4. The van der Waals surface area contributed by atoms with Crippen molar-refractivity contribution in [2.24, 2.45) is 5.41 Å². The van der Waals surface area contributed by atoms with Crippen molar-refractivity contribution in [3.05, 3.63) is 12.2 Å². The Balaban J connectivity index is 2.01. The molecule has 0 radical (unpaired) electrons. The number of carbonyl (C=O) groups excluding carboxylic acids is 1. The van der Waals surface area contributed by atoms with Crippen molar-refractivity contribution in [3.63, 3.8) is 0 Å². The normalized spacial score (nSPS) is 23.6. The first-order valence-corrected chi connectivity index (χ1v) is 7.12. The van der Waals surface area contributed by atoms with Crippen LogP contribution in [0.5, 0.6) is 0 Å². The quantitative estimate of drug-likeness (QED) is 0.771. The lowest BCUT2D eigenvalue weighted by Crippen LogP contribution is -2.52. The molecule has 0 aromatic carbocycles. The van der Waals surface area contributed by atoms with Crippen LogP contribution in [0.4, 0.5) is 4.79 Å². The highest BCUT2D eigenvalue weighted by Gasteiger charge is 2.42. The van der Waals surface area contributed by atoms with Gasteiger partial charge in [-0.3, -0.25) is 9.89 Å². The Labute approximate surface area is 122 Å². The summed E-state index contributed by atoms with van der Waals surface area (Å²) in [5, 5.41) is 18.7. The number of carbonyl (C=O) groups is 2. The van der Waals surface area contributed by atoms with Gasteiger partial charge in [0.1, 0.15) is 12.2 Å². The number of hydrogen-bond donors (Lipinski definition) is 3. The van der Waals surface area contributed by atoms with Crippen LogP contribution in [0, 0.1) is 5.41 Å². The van der Waals surface area contributed by atoms with Crippen LogP contribution in [-0.2, 0) is 4.79 Å². The molecule has 1 fully saturated rings. The Morgan fingerprint density at radius 2 is 2.38 bits per heavy atom. The highest BCUT2D eigenvalue weighted by atomic mass is 16.4. The third-order valence-electron chi connectivity index (χ3n) is 4.18. The van der Waals surface area contributed by atoms with Crippen LogP contribution in [0.3, 0.4) is 0 Å². The van der Waals surface area contributed by atoms with Gasteiger partial charge in [0.05, 0.1) is 11.5 Å². The minimum atomic E-state index is -0.828. The van der Waals surface area contributed by atoms with Gasteiger partial charge in [0.25, 0.3) is 0 Å². The summed E-state index contributed by atoms with van der Waals surface area (Å²) in [6.45, 7) is 4.47. The number of aliphatic carboxylic acids is 1. The van der Waals surface area contributed by atoms with Crippen molar-refractivity contribution in [3.8, 4) is 0 Å². The van der Waals surface area contributed by atoms with Gasteiger partial charge in [-0.25, -0.2) is 9.78 Å². The van der Waals surface area contributed by atoms with E-state index >= 15 is 0 Å². The molecular formula is C13H21N5O3. The first-order chi connectivity index (χ1) is 9.98. The summed E-state index contributed by atoms with van der Waals surface area (Å²) < 4.78 is 0. The SMILES string of the molecule is CCC1(C(=O)O)CCCN(C(=O)NC(C)c2ncn[nH]2)C1. The number of nitrogens with zero attached hydrogens (tertiary/aromatic N) is 3. The zero-order valence-electron chi connectivity index (χ0n) is 12.3. The largest absolute Gasteiger partial charge is 0.481 e. The molecule has 2 rings (SSSR count). The second-order valence-electron chi connectivity index (χ2n) is 5.51. The van der Waals surface area contributed by atoms with Crippen LogP contribution in [0.25, 0.3) is 0 Å². The highest BCUT2D eigenvalue weighted by molar-refractivity contribution is 5.79. The van der Waals surface area contributed by atoms with Crippen LogP contribution in [0.15, 0.2) is 6.33 Å².